The predicted molar refractivity (Wildman–Crippen MR) is 79.1 cm³/mol. The number of likely N-dealkylation sites (N-methyl/N-ethyl adjacent to an activating group) is 1. The SMILES string of the molecule is CNCC(OCc1ccc(C)cc1)c1ccccc1. The van der Waals surface area contributed by atoms with Gasteiger partial charge in [0.2, 0.25) is 0 Å². The molecule has 1 unspecified atom stereocenters. The Morgan fingerprint density at radius 2 is 1.68 bits per heavy atom. The molecular weight excluding hydrogens is 234 g/mol. The molecule has 0 spiro atoms. The summed E-state index contributed by atoms with van der Waals surface area (Å²) in [6.45, 7) is 3.55. The monoisotopic (exact) mass is 255 g/mol. The Morgan fingerprint density at radius 1 is 1.00 bits per heavy atom. The lowest BCUT2D eigenvalue weighted by Crippen LogP contribution is -2.19. The van der Waals surface area contributed by atoms with Crippen LogP contribution in [-0.4, -0.2) is 13.6 Å². The summed E-state index contributed by atoms with van der Waals surface area (Å²) in [5.41, 5.74) is 3.70. The molecule has 1 N–H and O–H groups in total. The van der Waals surface area contributed by atoms with Crippen LogP contribution in [0.3, 0.4) is 0 Å². The molecule has 2 aromatic carbocycles. The molecule has 0 saturated heterocycles. The van der Waals surface area contributed by atoms with Gasteiger partial charge >= 0.3 is 0 Å². The second-order valence-electron chi connectivity index (χ2n) is 4.75. The van der Waals surface area contributed by atoms with Gasteiger partial charge in [-0.3, -0.25) is 0 Å². The number of hydrogen-bond donors (Lipinski definition) is 1. The highest BCUT2D eigenvalue weighted by Gasteiger charge is 2.10. The molecule has 0 bridgehead atoms. The molecular formula is C17H21NO. The second kappa shape index (κ2) is 7.07. The van der Waals surface area contributed by atoms with Crippen molar-refractivity contribution in [1.82, 2.24) is 5.32 Å². The Labute approximate surface area is 115 Å². The average Bonchev–Trinajstić information content (AvgIpc) is 2.46. The summed E-state index contributed by atoms with van der Waals surface area (Å²) >= 11 is 0. The van der Waals surface area contributed by atoms with Crippen molar-refractivity contribution >= 4 is 0 Å². The van der Waals surface area contributed by atoms with Gasteiger partial charge in [-0.15, -0.1) is 0 Å². The van der Waals surface area contributed by atoms with E-state index in [2.05, 4.69) is 48.6 Å². The molecule has 0 aliphatic carbocycles. The van der Waals surface area contributed by atoms with E-state index in [0.29, 0.717) is 6.61 Å². The molecule has 0 heterocycles. The van der Waals surface area contributed by atoms with Crippen LogP contribution in [0.25, 0.3) is 0 Å². The fourth-order valence-corrected chi connectivity index (χ4v) is 2.01. The standard InChI is InChI=1S/C17H21NO/c1-14-8-10-15(11-9-14)13-19-17(12-18-2)16-6-4-3-5-7-16/h3-11,17-18H,12-13H2,1-2H3. The molecule has 100 valence electrons. The third kappa shape index (κ3) is 4.19. The van der Waals surface area contributed by atoms with Crippen molar-refractivity contribution in [3.05, 3.63) is 71.3 Å². The molecule has 0 fully saturated rings. The molecule has 2 heteroatoms. The lowest BCUT2D eigenvalue weighted by Gasteiger charge is -2.18. The third-order valence-corrected chi connectivity index (χ3v) is 3.13. The summed E-state index contributed by atoms with van der Waals surface area (Å²) in [6, 6.07) is 18.8. The van der Waals surface area contributed by atoms with Crippen molar-refractivity contribution in [1.29, 1.82) is 0 Å². The molecule has 0 radical (unpaired) electrons. The maximum absolute atomic E-state index is 6.03. The van der Waals surface area contributed by atoms with Crippen LogP contribution in [0.1, 0.15) is 22.8 Å². The average molecular weight is 255 g/mol. The number of aryl methyl sites for hydroxylation is 1. The fourth-order valence-electron chi connectivity index (χ4n) is 2.01. The summed E-state index contributed by atoms with van der Waals surface area (Å²) in [5, 5.41) is 3.19. The van der Waals surface area contributed by atoms with Crippen LogP contribution >= 0.6 is 0 Å². The smallest absolute Gasteiger partial charge is 0.0953 e. The van der Waals surface area contributed by atoms with Crippen molar-refractivity contribution in [3.63, 3.8) is 0 Å². The molecule has 0 aliphatic rings. The van der Waals surface area contributed by atoms with Crippen LogP contribution in [0.2, 0.25) is 0 Å². The molecule has 2 rings (SSSR count). The van der Waals surface area contributed by atoms with Gasteiger partial charge in [0, 0.05) is 6.54 Å². The Bertz CT molecular complexity index is 478. The lowest BCUT2D eigenvalue weighted by atomic mass is 10.1. The molecule has 2 nitrogen and oxygen atoms in total. The van der Waals surface area contributed by atoms with E-state index < -0.39 is 0 Å². The van der Waals surface area contributed by atoms with Gasteiger partial charge in [-0.1, -0.05) is 60.2 Å². The van der Waals surface area contributed by atoms with E-state index >= 15 is 0 Å². The molecule has 19 heavy (non-hydrogen) atoms. The van der Waals surface area contributed by atoms with E-state index in [1.807, 2.05) is 25.2 Å². The van der Waals surface area contributed by atoms with Crippen molar-refractivity contribution in [2.75, 3.05) is 13.6 Å². The van der Waals surface area contributed by atoms with E-state index in [9.17, 15) is 0 Å². The minimum atomic E-state index is 0.0903. The first kappa shape index (κ1) is 13.8. The van der Waals surface area contributed by atoms with Crippen molar-refractivity contribution in [2.24, 2.45) is 0 Å². The van der Waals surface area contributed by atoms with Gasteiger partial charge in [0.15, 0.2) is 0 Å². The minimum Gasteiger partial charge on any atom is -0.368 e. The highest BCUT2D eigenvalue weighted by Crippen LogP contribution is 2.18. The van der Waals surface area contributed by atoms with Crippen molar-refractivity contribution in [3.8, 4) is 0 Å². The summed E-state index contributed by atoms with van der Waals surface area (Å²) in [4.78, 5) is 0. The van der Waals surface area contributed by atoms with E-state index in [1.165, 1.54) is 16.7 Å². The molecule has 1 atom stereocenters. The third-order valence-electron chi connectivity index (χ3n) is 3.13. The second-order valence-corrected chi connectivity index (χ2v) is 4.75. The summed E-state index contributed by atoms with van der Waals surface area (Å²) in [6.07, 6.45) is 0.0903. The molecule has 0 aliphatic heterocycles. The highest BCUT2D eigenvalue weighted by molar-refractivity contribution is 5.21. The first-order valence-electron chi connectivity index (χ1n) is 6.66. The van der Waals surface area contributed by atoms with Crippen LogP contribution in [0, 0.1) is 6.92 Å². The van der Waals surface area contributed by atoms with E-state index in [0.717, 1.165) is 6.54 Å². The molecule has 0 aromatic heterocycles. The number of hydrogen-bond acceptors (Lipinski definition) is 2. The first-order valence-corrected chi connectivity index (χ1v) is 6.66. The van der Waals surface area contributed by atoms with E-state index in [-0.39, 0.29) is 6.10 Å². The highest BCUT2D eigenvalue weighted by atomic mass is 16.5. The van der Waals surface area contributed by atoms with Crippen molar-refractivity contribution in [2.45, 2.75) is 19.6 Å². The Morgan fingerprint density at radius 3 is 2.32 bits per heavy atom. The lowest BCUT2D eigenvalue weighted by molar-refractivity contribution is 0.0410. The van der Waals surface area contributed by atoms with Gasteiger partial charge in [0.25, 0.3) is 0 Å². The minimum absolute atomic E-state index is 0.0903. The number of benzene rings is 2. The zero-order valence-electron chi connectivity index (χ0n) is 11.6. The Hall–Kier alpha value is -1.64. The van der Waals surface area contributed by atoms with Crippen LogP contribution in [-0.2, 0) is 11.3 Å². The van der Waals surface area contributed by atoms with Crippen LogP contribution in [0.4, 0.5) is 0 Å². The molecule has 2 aromatic rings. The first-order chi connectivity index (χ1) is 9.29. The summed E-state index contributed by atoms with van der Waals surface area (Å²) in [5.74, 6) is 0. The van der Waals surface area contributed by atoms with Gasteiger partial charge in [0.1, 0.15) is 0 Å². The van der Waals surface area contributed by atoms with Crippen molar-refractivity contribution < 1.29 is 4.74 Å². The van der Waals surface area contributed by atoms with Gasteiger partial charge in [-0.2, -0.15) is 0 Å². The predicted octanol–water partition coefficient (Wildman–Crippen LogP) is 3.47. The van der Waals surface area contributed by atoms with E-state index in [1.54, 1.807) is 0 Å². The number of rotatable bonds is 6. The van der Waals surface area contributed by atoms with Gasteiger partial charge in [-0.25, -0.2) is 0 Å². The van der Waals surface area contributed by atoms with Crippen LogP contribution in [0.15, 0.2) is 54.6 Å². The Balaban J connectivity index is 1.99. The van der Waals surface area contributed by atoms with Gasteiger partial charge in [0.05, 0.1) is 12.7 Å². The zero-order chi connectivity index (χ0) is 13.5. The number of nitrogens with one attached hydrogen (secondary N) is 1. The topological polar surface area (TPSA) is 21.3 Å². The molecule has 0 amide bonds. The quantitative estimate of drug-likeness (QED) is 0.853. The maximum Gasteiger partial charge on any atom is 0.0953 e. The van der Waals surface area contributed by atoms with E-state index in [4.69, 9.17) is 4.74 Å². The number of ether oxygens (including phenoxy) is 1. The summed E-state index contributed by atoms with van der Waals surface area (Å²) < 4.78 is 6.03. The van der Waals surface area contributed by atoms with Crippen LogP contribution < -0.4 is 5.32 Å². The normalized spacial score (nSPS) is 12.3. The Kier molecular flexibility index (Phi) is 5.13. The van der Waals surface area contributed by atoms with Gasteiger partial charge < -0.3 is 10.1 Å². The maximum atomic E-state index is 6.03. The fraction of sp³-hybridized carbons (Fsp3) is 0.294. The van der Waals surface area contributed by atoms with Gasteiger partial charge in [-0.05, 0) is 25.1 Å². The summed E-state index contributed by atoms with van der Waals surface area (Å²) in [7, 11) is 1.95. The zero-order valence-corrected chi connectivity index (χ0v) is 11.6. The van der Waals surface area contributed by atoms with Crippen LogP contribution in [0.5, 0.6) is 0 Å². The largest absolute Gasteiger partial charge is 0.368 e. The molecule has 0 saturated carbocycles.